The second-order valence-corrected chi connectivity index (χ2v) is 6.48. The highest BCUT2D eigenvalue weighted by atomic mass is 16.7. The van der Waals surface area contributed by atoms with E-state index in [9.17, 15) is 0 Å². The van der Waals surface area contributed by atoms with E-state index in [1.54, 1.807) is 0 Å². The van der Waals surface area contributed by atoms with Gasteiger partial charge < -0.3 is 9.47 Å². The van der Waals surface area contributed by atoms with E-state index in [-0.39, 0.29) is 6.29 Å². The molecule has 110 valence electrons. The highest BCUT2D eigenvalue weighted by Gasteiger charge is 2.20. The molecule has 1 saturated carbocycles. The van der Waals surface area contributed by atoms with Gasteiger partial charge in [-0.05, 0) is 30.2 Å². The largest absolute Gasteiger partial charge is 0.346 e. The summed E-state index contributed by atoms with van der Waals surface area (Å²) in [5.41, 5.74) is 2.61. The van der Waals surface area contributed by atoms with Gasteiger partial charge in [0.1, 0.15) is 0 Å². The number of hydrogen-bond acceptors (Lipinski definition) is 2. The maximum atomic E-state index is 5.58. The molecule has 1 aliphatic carbocycles. The van der Waals surface area contributed by atoms with Gasteiger partial charge in [-0.1, -0.05) is 56.9 Å². The fourth-order valence-electron chi connectivity index (χ4n) is 3.43. The van der Waals surface area contributed by atoms with Gasteiger partial charge in [0.05, 0.1) is 13.2 Å². The van der Waals surface area contributed by atoms with Gasteiger partial charge in [0.25, 0.3) is 0 Å². The summed E-state index contributed by atoms with van der Waals surface area (Å²) in [7, 11) is 0. The molecule has 3 rings (SSSR count). The summed E-state index contributed by atoms with van der Waals surface area (Å²) >= 11 is 0. The van der Waals surface area contributed by atoms with Crippen LogP contribution in [0.1, 0.15) is 56.4 Å². The van der Waals surface area contributed by atoms with E-state index in [0.717, 1.165) is 25.0 Å². The summed E-state index contributed by atoms with van der Waals surface area (Å²) in [6, 6.07) is 8.76. The van der Waals surface area contributed by atoms with Crippen LogP contribution < -0.4 is 0 Å². The third-order valence-corrected chi connectivity index (χ3v) is 4.82. The summed E-state index contributed by atoms with van der Waals surface area (Å²) < 4.78 is 11.2. The lowest BCUT2D eigenvalue weighted by Gasteiger charge is -2.26. The standard InChI is InChI=1S/C18H26O2/c1-14-5-7-15(8-6-14)9-10-16-3-2-4-17(13-16)18-19-11-12-20-18/h2-4,13-15,18H,5-12H2,1H3. The lowest BCUT2D eigenvalue weighted by Crippen LogP contribution is -2.13. The summed E-state index contributed by atoms with van der Waals surface area (Å²) in [4.78, 5) is 0. The smallest absolute Gasteiger partial charge is 0.184 e. The Bertz CT molecular complexity index is 415. The molecular formula is C18H26O2. The van der Waals surface area contributed by atoms with Crippen LogP contribution in [0.4, 0.5) is 0 Å². The van der Waals surface area contributed by atoms with Gasteiger partial charge in [0.2, 0.25) is 0 Å². The average molecular weight is 274 g/mol. The number of ether oxygens (including phenoxy) is 2. The number of rotatable bonds is 4. The van der Waals surface area contributed by atoms with Crippen LogP contribution in [-0.2, 0) is 15.9 Å². The van der Waals surface area contributed by atoms with Crippen molar-refractivity contribution in [2.75, 3.05) is 13.2 Å². The molecule has 1 aromatic carbocycles. The molecule has 0 bridgehead atoms. The van der Waals surface area contributed by atoms with E-state index in [0.29, 0.717) is 0 Å². The van der Waals surface area contributed by atoms with E-state index in [4.69, 9.17) is 9.47 Å². The SMILES string of the molecule is CC1CCC(CCc2cccc(C3OCCO3)c2)CC1. The van der Waals surface area contributed by atoms with Crippen molar-refractivity contribution in [1.82, 2.24) is 0 Å². The normalized spacial score (nSPS) is 27.9. The molecule has 1 saturated heterocycles. The first kappa shape index (κ1) is 14.1. The zero-order valence-corrected chi connectivity index (χ0v) is 12.5. The highest BCUT2D eigenvalue weighted by Crippen LogP contribution is 2.31. The van der Waals surface area contributed by atoms with E-state index in [2.05, 4.69) is 31.2 Å². The quantitative estimate of drug-likeness (QED) is 0.805. The van der Waals surface area contributed by atoms with Crippen LogP contribution in [0.5, 0.6) is 0 Å². The maximum absolute atomic E-state index is 5.58. The van der Waals surface area contributed by atoms with Crippen LogP contribution in [0.25, 0.3) is 0 Å². The molecule has 2 heteroatoms. The van der Waals surface area contributed by atoms with Crippen LogP contribution in [0.2, 0.25) is 0 Å². The van der Waals surface area contributed by atoms with Crippen LogP contribution in [-0.4, -0.2) is 13.2 Å². The van der Waals surface area contributed by atoms with Crippen molar-refractivity contribution in [1.29, 1.82) is 0 Å². The molecule has 0 aromatic heterocycles. The molecule has 0 spiro atoms. The van der Waals surface area contributed by atoms with Gasteiger partial charge in [-0.2, -0.15) is 0 Å². The van der Waals surface area contributed by atoms with Crippen molar-refractivity contribution in [3.05, 3.63) is 35.4 Å². The van der Waals surface area contributed by atoms with Gasteiger partial charge in [-0.15, -0.1) is 0 Å². The minimum Gasteiger partial charge on any atom is -0.346 e. The molecule has 2 nitrogen and oxygen atoms in total. The Morgan fingerprint density at radius 2 is 1.80 bits per heavy atom. The average Bonchev–Trinajstić information content (AvgIpc) is 3.01. The zero-order chi connectivity index (χ0) is 13.8. The first-order valence-corrected chi connectivity index (χ1v) is 8.13. The zero-order valence-electron chi connectivity index (χ0n) is 12.5. The lowest BCUT2D eigenvalue weighted by atomic mass is 9.80. The predicted molar refractivity (Wildman–Crippen MR) is 80.5 cm³/mol. The molecule has 0 unspecified atom stereocenters. The summed E-state index contributed by atoms with van der Waals surface area (Å²) in [6.07, 6.45) is 8.10. The van der Waals surface area contributed by atoms with Crippen molar-refractivity contribution < 1.29 is 9.47 Å². The summed E-state index contributed by atoms with van der Waals surface area (Å²) in [6.45, 7) is 3.82. The van der Waals surface area contributed by atoms with Gasteiger partial charge >= 0.3 is 0 Å². The van der Waals surface area contributed by atoms with Crippen LogP contribution in [0, 0.1) is 11.8 Å². The van der Waals surface area contributed by atoms with Gasteiger partial charge in [-0.3, -0.25) is 0 Å². The summed E-state index contributed by atoms with van der Waals surface area (Å²) in [5.74, 6) is 1.89. The number of aryl methyl sites for hydroxylation is 1. The van der Waals surface area contributed by atoms with Crippen molar-refractivity contribution in [3.63, 3.8) is 0 Å². The molecule has 0 amide bonds. The second-order valence-electron chi connectivity index (χ2n) is 6.48. The Morgan fingerprint density at radius 1 is 1.05 bits per heavy atom. The lowest BCUT2D eigenvalue weighted by molar-refractivity contribution is -0.0441. The second kappa shape index (κ2) is 6.73. The monoisotopic (exact) mass is 274 g/mol. The molecular weight excluding hydrogens is 248 g/mol. The van der Waals surface area contributed by atoms with Crippen molar-refractivity contribution in [3.8, 4) is 0 Å². The molecule has 2 aliphatic rings. The van der Waals surface area contributed by atoms with Crippen molar-refractivity contribution >= 4 is 0 Å². The molecule has 1 aliphatic heterocycles. The number of benzene rings is 1. The molecule has 0 radical (unpaired) electrons. The first-order valence-electron chi connectivity index (χ1n) is 8.13. The predicted octanol–water partition coefficient (Wildman–Crippen LogP) is 4.49. The molecule has 2 fully saturated rings. The van der Waals surface area contributed by atoms with Crippen LogP contribution >= 0.6 is 0 Å². The van der Waals surface area contributed by atoms with E-state index in [1.807, 2.05) is 0 Å². The van der Waals surface area contributed by atoms with E-state index >= 15 is 0 Å². The highest BCUT2D eigenvalue weighted by molar-refractivity contribution is 5.24. The fourth-order valence-corrected chi connectivity index (χ4v) is 3.43. The molecule has 20 heavy (non-hydrogen) atoms. The van der Waals surface area contributed by atoms with Gasteiger partial charge in [-0.25, -0.2) is 0 Å². The molecule has 0 atom stereocenters. The Balaban J connectivity index is 1.53. The Labute approximate surface area is 122 Å². The van der Waals surface area contributed by atoms with E-state index in [1.165, 1.54) is 49.7 Å². The third kappa shape index (κ3) is 3.62. The summed E-state index contributed by atoms with van der Waals surface area (Å²) in [5, 5.41) is 0. The Hall–Kier alpha value is -0.860. The Morgan fingerprint density at radius 3 is 2.55 bits per heavy atom. The molecule has 1 aromatic rings. The van der Waals surface area contributed by atoms with Gasteiger partial charge in [0, 0.05) is 5.56 Å². The minimum absolute atomic E-state index is 0.134. The minimum atomic E-state index is -0.134. The van der Waals surface area contributed by atoms with Crippen LogP contribution in [0.15, 0.2) is 24.3 Å². The molecule has 1 heterocycles. The van der Waals surface area contributed by atoms with E-state index < -0.39 is 0 Å². The van der Waals surface area contributed by atoms with Gasteiger partial charge in [0.15, 0.2) is 6.29 Å². The number of hydrogen-bond donors (Lipinski definition) is 0. The maximum Gasteiger partial charge on any atom is 0.184 e. The molecule has 0 N–H and O–H groups in total. The van der Waals surface area contributed by atoms with Crippen LogP contribution in [0.3, 0.4) is 0 Å². The van der Waals surface area contributed by atoms with Crippen molar-refractivity contribution in [2.45, 2.75) is 51.7 Å². The van der Waals surface area contributed by atoms with Crippen molar-refractivity contribution in [2.24, 2.45) is 11.8 Å². The Kier molecular flexibility index (Phi) is 4.74. The first-order chi connectivity index (χ1) is 9.81. The topological polar surface area (TPSA) is 18.5 Å². The fraction of sp³-hybridized carbons (Fsp3) is 0.667. The third-order valence-electron chi connectivity index (χ3n) is 4.82.